The lowest BCUT2D eigenvalue weighted by atomic mass is 10.0. The number of benzene rings is 2. The number of aromatic nitrogens is 2. The van der Waals surface area contributed by atoms with Gasteiger partial charge in [0.05, 0.1) is 11.4 Å². The van der Waals surface area contributed by atoms with Gasteiger partial charge in [-0.05, 0) is 76.9 Å². The molecule has 1 fully saturated rings. The van der Waals surface area contributed by atoms with Crippen LogP contribution in [0.1, 0.15) is 65.9 Å². The summed E-state index contributed by atoms with van der Waals surface area (Å²) < 4.78 is 10.9. The number of carbonyl (C=O) groups is 3. The number of nitrogens with zero attached hydrogens (tertiary/aromatic N) is 4. The largest absolute Gasteiger partial charge is 0.444 e. The molecule has 1 saturated heterocycles. The summed E-state index contributed by atoms with van der Waals surface area (Å²) in [6, 6.07) is 18.4. The Balaban J connectivity index is 0.00000259. The molecule has 0 spiro atoms. The first-order valence-electron chi connectivity index (χ1n) is 14.8. The second-order valence-corrected chi connectivity index (χ2v) is 11.9. The fourth-order valence-corrected chi connectivity index (χ4v) is 4.23. The van der Waals surface area contributed by atoms with Crippen molar-refractivity contribution in [3.63, 3.8) is 0 Å². The van der Waals surface area contributed by atoms with Crippen LogP contribution in [0.25, 0.3) is 11.1 Å². The van der Waals surface area contributed by atoms with Crippen LogP contribution in [-0.2, 0) is 9.47 Å². The summed E-state index contributed by atoms with van der Waals surface area (Å²) in [5.41, 5.74) is 1.45. The smallest absolute Gasteiger partial charge is 0.412 e. The molecule has 0 saturated carbocycles. The molecule has 0 unspecified atom stereocenters. The number of hydrogen-bond acceptors (Lipinski definition) is 8. The SMILES string of the molecule is CC.CC(C)(C)OC(=O)Nc1ccc(-c2ccccc2)cc1NC(=O)c1ccc(N2CCN(C(=O)OC(C)(C)C)CC2)nn1. The number of piperazine rings is 1. The number of nitrogens with one attached hydrogen (secondary N) is 2. The number of hydrogen-bond donors (Lipinski definition) is 2. The van der Waals surface area contributed by atoms with Gasteiger partial charge in [-0.25, -0.2) is 9.59 Å². The molecule has 0 aliphatic carbocycles. The Morgan fingerprint density at radius 2 is 1.34 bits per heavy atom. The molecule has 4 rings (SSSR count). The van der Waals surface area contributed by atoms with E-state index in [1.807, 2.05) is 75.9 Å². The summed E-state index contributed by atoms with van der Waals surface area (Å²) in [4.78, 5) is 41.7. The van der Waals surface area contributed by atoms with Crippen LogP contribution in [0.2, 0.25) is 0 Å². The molecule has 1 aromatic heterocycles. The van der Waals surface area contributed by atoms with E-state index in [9.17, 15) is 14.4 Å². The van der Waals surface area contributed by atoms with Crippen molar-refractivity contribution < 1.29 is 23.9 Å². The van der Waals surface area contributed by atoms with Crippen LogP contribution in [0.3, 0.4) is 0 Å². The fraction of sp³-hybridized carbons (Fsp3) is 0.424. The van der Waals surface area contributed by atoms with E-state index < -0.39 is 23.2 Å². The Kier molecular flexibility index (Phi) is 11.3. The van der Waals surface area contributed by atoms with Gasteiger partial charge in [-0.15, -0.1) is 10.2 Å². The molecule has 0 radical (unpaired) electrons. The maximum Gasteiger partial charge on any atom is 0.412 e. The third-order valence-corrected chi connectivity index (χ3v) is 6.15. The topological polar surface area (TPSA) is 126 Å². The van der Waals surface area contributed by atoms with Gasteiger partial charge in [-0.2, -0.15) is 0 Å². The van der Waals surface area contributed by atoms with Crippen molar-refractivity contribution in [3.05, 3.63) is 66.4 Å². The van der Waals surface area contributed by atoms with Crippen molar-refractivity contribution in [1.29, 1.82) is 0 Å². The standard InChI is InChI=1S/C31H38N6O5.C2H6/c1-30(2,3)41-28(39)33-23-13-12-22(21-10-8-7-9-11-21)20-25(23)32-27(38)24-14-15-26(35-34-24)36-16-18-37(19-17-36)29(40)42-31(4,5)6;1-2/h7-15,20H,16-19H2,1-6H3,(H,32,38)(H,33,39);1-2H3. The van der Waals surface area contributed by atoms with Gasteiger partial charge >= 0.3 is 12.2 Å². The maximum absolute atomic E-state index is 13.2. The zero-order chi connectivity index (χ0) is 32.5. The fourth-order valence-electron chi connectivity index (χ4n) is 4.23. The highest BCUT2D eigenvalue weighted by atomic mass is 16.6. The summed E-state index contributed by atoms with van der Waals surface area (Å²) in [5.74, 6) is 0.120. The number of ether oxygens (including phenoxy) is 2. The van der Waals surface area contributed by atoms with Crippen molar-refractivity contribution in [3.8, 4) is 11.1 Å². The van der Waals surface area contributed by atoms with Crippen molar-refractivity contribution >= 4 is 35.3 Å². The molecule has 11 heteroatoms. The molecule has 2 heterocycles. The molecule has 3 amide bonds. The van der Waals surface area contributed by atoms with E-state index in [0.717, 1.165) is 11.1 Å². The van der Waals surface area contributed by atoms with Gasteiger partial charge in [-0.1, -0.05) is 50.2 Å². The quantitative estimate of drug-likeness (QED) is 0.325. The summed E-state index contributed by atoms with van der Waals surface area (Å²) in [6.45, 7) is 16.9. The second kappa shape index (κ2) is 14.7. The van der Waals surface area contributed by atoms with Gasteiger partial charge in [0.2, 0.25) is 0 Å². The molecular formula is C33H44N6O5. The van der Waals surface area contributed by atoms with Crippen LogP contribution in [0.15, 0.2) is 60.7 Å². The van der Waals surface area contributed by atoms with Gasteiger partial charge in [0.1, 0.15) is 11.2 Å². The normalized spacial score (nSPS) is 13.3. The summed E-state index contributed by atoms with van der Waals surface area (Å²) >= 11 is 0. The molecule has 236 valence electrons. The lowest BCUT2D eigenvalue weighted by Gasteiger charge is -2.35. The van der Waals surface area contributed by atoms with E-state index in [1.54, 1.807) is 49.9 Å². The second-order valence-electron chi connectivity index (χ2n) is 11.9. The zero-order valence-corrected chi connectivity index (χ0v) is 26.9. The van der Waals surface area contributed by atoms with Crippen molar-refractivity contribution in [1.82, 2.24) is 15.1 Å². The van der Waals surface area contributed by atoms with Gasteiger partial charge in [0.15, 0.2) is 11.5 Å². The molecule has 1 aliphatic rings. The van der Waals surface area contributed by atoms with E-state index in [4.69, 9.17) is 9.47 Å². The highest BCUT2D eigenvalue weighted by Crippen LogP contribution is 2.30. The number of rotatable bonds is 5. The van der Waals surface area contributed by atoms with Gasteiger partial charge in [0.25, 0.3) is 5.91 Å². The van der Waals surface area contributed by atoms with Crippen molar-refractivity contribution in [2.24, 2.45) is 0 Å². The van der Waals surface area contributed by atoms with E-state index in [0.29, 0.717) is 43.4 Å². The molecule has 44 heavy (non-hydrogen) atoms. The third-order valence-electron chi connectivity index (χ3n) is 6.15. The van der Waals surface area contributed by atoms with Crippen LogP contribution < -0.4 is 15.5 Å². The average molecular weight is 605 g/mol. The molecule has 3 aromatic rings. The Morgan fingerprint density at radius 1 is 0.705 bits per heavy atom. The predicted octanol–water partition coefficient (Wildman–Crippen LogP) is 6.83. The molecule has 2 N–H and O–H groups in total. The van der Waals surface area contributed by atoms with Gasteiger partial charge in [0, 0.05) is 26.2 Å². The van der Waals surface area contributed by atoms with Gasteiger partial charge in [-0.3, -0.25) is 10.1 Å². The van der Waals surface area contributed by atoms with E-state index >= 15 is 0 Å². The van der Waals surface area contributed by atoms with E-state index in [2.05, 4.69) is 20.8 Å². The summed E-state index contributed by atoms with van der Waals surface area (Å²) in [5, 5.41) is 14.0. The predicted molar refractivity (Wildman–Crippen MR) is 173 cm³/mol. The highest BCUT2D eigenvalue weighted by molar-refractivity contribution is 6.06. The van der Waals surface area contributed by atoms with Crippen LogP contribution in [0.4, 0.5) is 26.8 Å². The summed E-state index contributed by atoms with van der Waals surface area (Å²) in [7, 11) is 0. The number of amides is 3. The van der Waals surface area contributed by atoms with Gasteiger partial charge < -0.3 is 24.6 Å². The first kappa shape index (κ1) is 33.8. The molecule has 11 nitrogen and oxygen atoms in total. The Bertz CT molecular complexity index is 1410. The van der Waals surface area contributed by atoms with Crippen LogP contribution >= 0.6 is 0 Å². The van der Waals surface area contributed by atoms with E-state index in [1.165, 1.54) is 0 Å². The molecule has 2 aromatic carbocycles. The van der Waals surface area contributed by atoms with Crippen LogP contribution in [0.5, 0.6) is 0 Å². The minimum absolute atomic E-state index is 0.111. The highest BCUT2D eigenvalue weighted by Gasteiger charge is 2.27. The Labute approximate surface area is 259 Å². The molecular weight excluding hydrogens is 560 g/mol. The van der Waals surface area contributed by atoms with Crippen molar-refractivity contribution in [2.45, 2.75) is 66.6 Å². The Morgan fingerprint density at radius 3 is 1.91 bits per heavy atom. The third kappa shape index (κ3) is 9.96. The molecule has 1 aliphatic heterocycles. The molecule has 0 bridgehead atoms. The average Bonchev–Trinajstić information content (AvgIpc) is 2.98. The van der Waals surface area contributed by atoms with Crippen LogP contribution in [0, 0.1) is 0 Å². The monoisotopic (exact) mass is 604 g/mol. The zero-order valence-electron chi connectivity index (χ0n) is 26.9. The Hall–Kier alpha value is -4.67. The lowest BCUT2D eigenvalue weighted by molar-refractivity contribution is 0.0240. The first-order valence-corrected chi connectivity index (χ1v) is 14.8. The van der Waals surface area contributed by atoms with Crippen molar-refractivity contribution in [2.75, 3.05) is 41.7 Å². The lowest BCUT2D eigenvalue weighted by Crippen LogP contribution is -2.50. The first-order chi connectivity index (χ1) is 20.8. The molecule has 0 atom stereocenters. The summed E-state index contributed by atoms with van der Waals surface area (Å²) in [6.07, 6.45) is -0.974. The number of anilines is 3. The number of carbonyl (C=O) groups excluding carboxylic acids is 3. The van der Waals surface area contributed by atoms with E-state index in [-0.39, 0.29) is 11.8 Å². The minimum Gasteiger partial charge on any atom is -0.444 e. The maximum atomic E-state index is 13.2. The van der Waals surface area contributed by atoms with Crippen LogP contribution in [-0.4, -0.2) is 70.6 Å². The minimum atomic E-state index is -0.683.